The number of nitrogen functional groups attached to an aromatic ring is 1. The number of aromatic amines is 2. The van der Waals surface area contributed by atoms with Crippen molar-refractivity contribution in [1.82, 2.24) is 39.7 Å². The van der Waals surface area contributed by atoms with Crippen LogP contribution in [0, 0.1) is 6.92 Å². The maximum atomic E-state index is 5.89. The van der Waals surface area contributed by atoms with Gasteiger partial charge in [-0.15, -0.1) is 0 Å². The van der Waals surface area contributed by atoms with Crippen LogP contribution in [0.3, 0.4) is 0 Å². The van der Waals surface area contributed by atoms with Gasteiger partial charge >= 0.3 is 0 Å². The van der Waals surface area contributed by atoms with Crippen LogP contribution in [-0.2, 0) is 0 Å². The van der Waals surface area contributed by atoms with Crippen LogP contribution in [0.4, 0.5) is 5.69 Å². The lowest BCUT2D eigenvalue weighted by molar-refractivity contribution is 1.06. The molecule has 0 aliphatic carbocycles. The van der Waals surface area contributed by atoms with E-state index >= 15 is 0 Å². The smallest absolute Gasteiger partial charge is 0.139 e. The van der Waals surface area contributed by atoms with Crippen molar-refractivity contribution in [3.8, 4) is 28.3 Å². The lowest BCUT2D eigenvalue weighted by Crippen LogP contribution is -1.91. The lowest BCUT2D eigenvalue weighted by atomic mass is 10.1. The van der Waals surface area contributed by atoms with Crippen LogP contribution in [0.1, 0.15) is 5.69 Å². The molecule has 6 rings (SSSR count). The van der Waals surface area contributed by atoms with Crippen LogP contribution in [0.5, 0.6) is 0 Å². The second-order valence-electron chi connectivity index (χ2n) is 7.39. The molecule has 0 aliphatic heterocycles. The highest BCUT2D eigenvalue weighted by molar-refractivity contribution is 5.97. The van der Waals surface area contributed by atoms with Crippen LogP contribution >= 0.6 is 0 Å². The Hall–Kier alpha value is -4.53. The molecule has 6 heterocycles. The monoisotopic (exact) mass is 407 g/mol. The number of nitrogens with two attached hydrogens (primary N) is 1. The molecule has 0 atom stereocenters. The zero-order valence-electron chi connectivity index (χ0n) is 16.5. The standard InChI is InChI=1S/C22H17N9/c1-12-10-31(11-27-12)20-2-3-25-22-16(20)6-18(28-22)21-15-5-17(26-9-19(15)29-30-21)13-4-14(23)8-24-7-13/h2-11H,23H2,1H3,(H,25,28)(H,29,30). The van der Waals surface area contributed by atoms with Gasteiger partial charge in [0.2, 0.25) is 0 Å². The quantitative estimate of drug-likeness (QED) is 0.411. The van der Waals surface area contributed by atoms with Gasteiger partial charge in [-0.1, -0.05) is 0 Å². The molecule has 0 unspecified atom stereocenters. The van der Waals surface area contributed by atoms with Crippen molar-refractivity contribution in [3.63, 3.8) is 0 Å². The normalized spacial score (nSPS) is 11.5. The van der Waals surface area contributed by atoms with Crippen LogP contribution < -0.4 is 5.73 Å². The van der Waals surface area contributed by atoms with E-state index in [1.165, 1.54) is 0 Å². The lowest BCUT2D eigenvalue weighted by Gasteiger charge is -2.02. The van der Waals surface area contributed by atoms with Gasteiger partial charge in [0.25, 0.3) is 0 Å². The number of fused-ring (bicyclic) bond motifs is 2. The van der Waals surface area contributed by atoms with Gasteiger partial charge in [0.05, 0.1) is 46.5 Å². The van der Waals surface area contributed by atoms with E-state index in [1.54, 1.807) is 31.1 Å². The van der Waals surface area contributed by atoms with Crippen LogP contribution in [0.25, 0.3) is 50.3 Å². The van der Waals surface area contributed by atoms with Crippen molar-refractivity contribution >= 4 is 27.6 Å². The predicted octanol–water partition coefficient (Wildman–Crippen LogP) is 3.64. The van der Waals surface area contributed by atoms with Crippen LogP contribution in [-0.4, -0.2) is 39.7 Å². The van der Waals surface area contributed by atoms with E-state index in [9.17, 15) is 0 Å². The molecule has 6 aromatic rings. The first-order valence-electron chi connectivity index (χ1n) is 9.70. The molecular formula is C22H17N9. The number of imidazole rings is 1. The molecular weight excluding hydrogens is 390 g/mol. The average Bonchev–Trinajstić information content (AvgIpc) is 3.50. The minimum absolute atomic E-state index is 0.593. The Kier molecular flexibility index (Phi) is 3.63. The maximum Gasteiger partial charge on any atom is 0.139 e. The number of aryl methyl sites for hydroxylation is 1. The van der Waals surface area contributed by atoms with Gasteiger partial charge in [-0.05, 0) is 31.2 Å². The van der Waals surface area contributed by atoms with E-state index in [2.05, 4.69) is 41.2 Å². The SMILES string of the molecule is Cc1cn(-c2ccnc3[nH]c(-c4n[nH]c5cnc(-c6cncc(N)c6)cc45)cc23)cn1. The van der Waals surface area contributed by atoms with Gasteiger partial charge in [-0.25, -0.2) is 9.97 Å². The number of rotatable bonds is 3. The van der Waals surface area contributed by atoms with Crippen molar-refractivity contribution in [3.05, 3.63) is 67.3 Å². The summed E-state index contributed by atoms with van der Waals surface area (Å²) in [5, 5.41) is 9.53. The summed E-state index contributed by atoms with van der Waals surface area (Å²) >= 11 is 0. The molecule has 9 heteroatoms. The first-order chi connectivity index (χ1) is 15.2. The summed E-state index contributed by atoms with van der Waals surface area (Å²) < 4.78 is 1.99. The van der Waals surface area contributed by atoms with Crippen molar-refractivity contribution in [1.29, 1.82) is 0 Å². The van der Waals surface area contributed by atoms with Gasteiger partial charge in [0.1, 0.15) is 11.3 Å². The molecule has 0 aromatic carbocycles. The molecule has 0 radical (unpaired) electrons. The molecule has 6 aromatic heterocycles. The third-order valence-electron chi connectivity index (χ3n) is 5.26. The highest BCUT2D eigenvalue weighted by atomic mass is 15.1. The molecule has 150 valence electrons. The third kappa shape index (κ3) is 2.83. The molecule has 4 N–H and O–H groups in total. The Labute approximate surface area is 176 Å². The van der Waals surface area contributed by atoms with Crippen molar-refractivity contribution in [2.75, 3.05) is 5.73 Å². The molecule has 31 heavy (non-hydrogen) atoms. The Morgan fingerprint density at radius 2 is 1.94 bits per heavy atom. The number of nitrogens with one attached hydrogen (secondary N) is 2. The number of pyridine rings is 3. The zero-order valence-corrected chi connectivity index (χ0v) is 16.5. The summed E-state index contributed by atoms with van der Waals surface area (Å²) in [5.41, 5.74) is 13.3. The highest BCUT2D eigenvalue weighted by Gasteiger charge is 2.15. The summed E-state index contributed by atoms with van der Waals surface area (Å²) in [6.07, 6.45) is 10.7. The summed E-state index contributed by atoms with van der Waals surface area (Å²) in [7, 11) is 0. The summed E-state index contributed by atoms with van der Waals surface area (Å²) in [4.78, 5) is 20.9. The topological polar surface area (TPSA) is 127 Å². The molecule has 0 bridgehead atoms. The molecule has 9 nitrogen and oxygen atoms in total. The van der Waals surface area contributed by atoms with Gasteiger partial charge < -0.3 is 15.3 Å². The molecule has 0 aliphatic rings. The Bertz CT molecular complexity index is 1570. The van der Waals surface area contributed by atoms with E-state index in [4.69, 9.17) is 5.73 Å². The fourth-order valence-corrected chi connectivity index (χ4v) is 3.80. The minimum Gasteiger partial charge on any atom is -0.397 e. The average molecular weight is 407 g/mol. The molecule has 0 amide bonds. The molecule has 0 spiro atoms. The molecule has 0 saturated heterocycles. The van der Waals surface area contributed by atoms with Crippen molar-refractivity contribution in [2.24, 2.45) is 0 Å². The van der Waals surface area contributed by atoms with Gasteiger partial charge in [-0.2, -0.15) is 5.10 Å². The van der Waals surface area contributed by atoms with E-state index in [-0.39, 0.29) is 0 Å². The Morgan fingerprint density at radius 3 is 2.77 bits per heavy atom. The number of anilines is 1. The number of aromatic nitrogens is 8. The molecule has 0 saturated carbocycles. The fourth-order valence-electron chi connectivity index (χ4n) is 3.80. The van der Waals surface area contributed by atoms with Crippen LogP contribution in [0.2, 0.25) is 0 Å². The van der Waals surface area contributed by atoms with Crippen molar-refractivity contribution < 1.29 is 0 Å². The van der Waals surface area contributed by atoms with E-state index < -0.39 is 0 Å². The summed E-state index contributed by atoms with van der Waals surface area (Å²) in [5.74, 6) is 0. The maximum absolute atomic E-state index is 5.89. The predicted molar refractivity (Wildman–Crippen MR) is 118 cm³/mol. The highest BCUT2D eigenvalue weighted by Crippen LogP contribution is 2.32. The van der Waals surface area contributed by atoms with Gasteiger partial charge in [0.15, 0.2) is 0 Å². The number of H-pyrrole nitrogens is 2. The van der Waals surface area contributed by atoms with Crippen molar-refractivity contribution in [2.45, 2.75) is 6.92 Å². The minimum atomic E-state index is 0.593. The summed E-state index contributed by atoms with van der Waals surface area (Å²) in [6.45, 7) is 1.97. The number of hydrogen-bond acceptors (Lipinski definition) is 6. The van der Waals surface area contributed by atoms with E-state index in [0.717, 1.165) is 56.0 Å². The van der Waals surface area contributed by atoms with Crippen LogP contribution in [0.15, 0.2) is 61.6 Å². The number of hydrogen-bond donors (Lipinski definition) is 3. The van der Waals surface area contributed by atoms with E-state index in [1.807, 2.05) is 35.9 Å². The number of nitrogens with zero attached hydrogens (tertiary/aromatic N) is 6. The summed E-state index contributed by atoms with van der Waals surface area (Å²) in [6, 6.07) is 7.88. The fraction of sp³-hybridized carbons (Fsp3) is 0.0455. The van der Waals surface area contributed by atoms with E-state index in [0.29, 0.717) is 5.69 Å². The van der Waals surface area contributed by atoms with Gasteiger partial charge in [-0.3, -0.25) is 15.1 Å². The first kappa shape index (κ1) is 17.3. The largest absolute Gasteiger partial charge is 0.397 e. The second-order valence-corrected chi connectivity index (χ2v) is 7.39. The Morgan fingerprint density at radius 1 is 1.00 bits per heavy atom. The zero-order chi connectivity index (χ0) is 20.9. The third-order valence-corrected chi connectivity index (χ3v) is 5.26. The Balaban J connectivity index is 1.51. The first-order valence-corrected chi connectivity index (χ1v) is 9.70. The van der Waals surface area contributed by atoms with Gasteiger partial charge in [0, 0.05) is 41.1 Å². The second kappa shape index (κ2) is 6.49. The molecule has 0 fully saturated rings.